The lowest BCUT2D eigenvalue weighted by Crippen LogP contribution is -1.98. The number of hydrogen-bond donors (Lipinski definition) is 1. The van der Waals surface area contributed by atoms with Gasteiger partial charge in [-0.2, -0.15) is 5.10 Å². The van der Waals surface area contributed by atoms with Crippen LogP contribution in [0.1, 0.15) is 11.3 Å². The van der Waals surface area contributed by atoms with E-state index in [2.05, 4.69) is 5.10 Å². The van der Waals surface area contributed by atoms with E-state index < -0.39 is 0 Å². The lowest BCUT2D eigenvalue weighted by molar-refractivity contribution is 0.415. The van der Waals surface area contributed by atoms with Gasteiger partial charge in [0, 0.05) is 24.7 Å². The smallest absolute Gasteiger partial charge is 0.120 e. The van der Waals surface area contributed by atoms with Crippen molar-refractivity contribution in [3.63, 3.8) is 0 Å². The Balaban J connectivity index is 2.80. The molecule has 0 unspecified atom stereocenters. The summed E-state index contributed by atoms with van der Waals surface area (Å²) < 4.78 is 7.10. The molecule has 0 amide bonds. The predicted octanol–water partition coefficient (Wildman–Crippen LogP) is 1.35. The Hall–Kier alpha value is -1.55. The summed E-state index contributed by atoms with van der Waals surface area (Å²) in [5, 5.41) is 5.55. The third-order valence-corrected chi connectivity index (χ3v) is 2.74. The largest absolute Gasteiger partial charge is 0.497 e. The van der Waals surface area contributed by atoms with Crippen LogP contribution in [-0.4, -0.2) is 16.9 Å². The molecule has 1 heterocycles. The third-order valence-electron chi connectivity index (χ3n) is 2.74. The normalized spacial score (nSPS) is 10.9. The van der Waals surface area contributed by atoms with Crippen LogP contribution < -0.4 is 10.5 Å². The highest BCUT2D eigenvalue weighted by Crippen LogP contribution is 2.26. The summed E-state index contributed by atoms with van der Waals surface area (Å²) >= 11 is 0. The van der Waals surface area contributed by atoms with Crippen molar-refractivity contribution in [2.45, 2.75) is 13.5 Å². The Morgan fingerprint density at radius 3 is 2.80 bits per heavy atom. The summed E-state index contributed by atoms with van der Waals surface area (Å²) in [6, 6.07) is 3.94. The van der Waals surface area contributed by atoms with Crippen LogP contribution in [0.15, 0.2) is 12.1 Å². The van der Waals surface area contributed by atoms with E-state index in [0.29, 0.717) is 6.54 Å². The molecule has 0 atom stereocenters. The first-order valence-corrected chi connectivity index (χ1v) is 4.87. The van der Waals surface area contributed by atoms with Crippen molar-refractivity contribution in [2.24, 2.45) is 12.8 Å². The summed E-state index contributed by atoms with van der Waals surface area (Å²) in [5.41, 5.74) is 8.81. The van der Waals surface area contributed by atoms with E-state index in [-0.39, 0.29) is 0 Å². The molecule has 0 saturated carbocycles. The van der Waals surface area contributed by atoms with Crippen LogP contribution in [0.4, 0.5) is 0 Å². The van der Waals surface area contributed by atoms with Crippen LogP contribution in [-0.2, 0) is 13.6 Å². The van der Waals surface area contributed by atoms with Crippen molar-refractivity contribution in [1.29, 1.82) is 0 Å². The molecular weight excluding hydrogens is 190 g/mol. The second-order valence-corrected chi connectivity index (χ2v) is 3.60. The van der Waals surface area contributed by atoms with Crippen LogP contribution >= 0.6 is 0 Å². The van der Waals surface area contributed by atoms with Crippen LogP contribution in [0.2, 0.25) is 0 Å². The van der Waals surface area contributed by atoms with Gasteiger partial charge in [0.1, 0.15) is 5.75 Å². The van der Waals surface area contributed by atoms with E-state index in [4.69, 9.17) is 10.5 Å². The van der Waals surface area contributed by atoms with E-state index in [0.717, 1.165) is 27.9 Å². The molecule has 2 N–H and O–H groups in total. The zero-order chi connectivity index (χ0) is 11.0. The molecule has 0 saturated heterocycles. The van der Waals surface area contributed by atoms with Gasteiger partial charge in [0.2, 0.25) is 0 Å². The Morgan fingerprint density at radius 1 is 1.47 bits per heavy atom. The number of nitrogens with zero attached hydrogens (tertiary/aromatic N) is 2. The van der Waals surface area contributed by atoms with E-state index >= 15 is 0 Å². The summed E-state index contributed by atoms with van der Waals surface area (Å²) in [7, 11) is 3.59. The lowest BCUT2D eigenvalue weighted by Gasteiger charge is -2.03. The molecule has 1 aromatic carbocycles. The maximum absolute atomic E-state index is 5.69. The van der Waals surface area contributed by atoms with E-state index in [1.807, 2.05) is 30.8 Å². The second-order valence-electron chi connectivity index (χ2n) is 3.60. The Morgan fingerprint density at radius 2 is 2.20 bits per heavy atom. The van der Waals surface area contributed by atoms with Crippen molar-refractivity contribution < 1.29 is 4.74 Å². The van der Waals surface area contributed by atoms with Gasteiger partial charge in [0.25, 0.3) is 0 Å². The number of rotatable bonds is 2. The minimum Gasteiger partial charge on any atom is -0.497 e. The van der Waals surface area contributed by atoms with Crippen molar-refractivity contribution >= 4 is 10.9 Å². The molecule has 4 heteroatoms. The fourth-order valence-electron chi connectivity index (χ4n) is 1.73. The van der Waals surface area contributed by atoms with Crippen molar-refractivity contribution in [2.75, 3.05) is 7.11 Å². The van der Waals surface area contributed by atoms with Crippen molar-refractivity contribution in [1.82, 2.24) is 9.78 Å². The van der Waals surface area contributed by atoms with Gasteiger partial charge < -0.3 is 10.5 Å². The number of ether oxygens (including phenoxy) is 1. The average molecular weight is 205 g/mol. The zero-order valence-electron chi connectivity index (χ0n) is 9.24. The molecule has 0 bridgehead atoms. The van der Waals surface area contributed by atoms with Gasteiger partial charge in [-0.25, -0.2) is 0 Å². The fourth-order valence-corrected chi connectivity index (χ4v) is 1.73. The first-order valence-electron chi connectivity index (χ1n) is 4.87. The molecule has 15 heavy (non-hydrogen) atoms. The van der Waals surface area contributed by atoms with Crippen LogP contribution in [0.5, 0.6) is 5.75 Å². The van der Waals surface area contributed by atoms with Gasteiger partial charge in [0.15, 0.2) is 0 Å². The molecule has 0 spiro atoms. The first-order chi connectivity index (χ1) is 7.17. The number of methoxy groups -OCH3 is 1. The minimum absolute atomic E-state index is 0.476. The number of nitrogens with two attached hydrogens (primary N) is 1. The molecule has 0 radical (unpaired) electrons. The average Bonchev–Trinajstić information content (AvgIpc) is 2.54. The molecule has 0 aliphatic heterocycles. The number of aromatic nitrogens is 2. The second kappa shape index (κ2) is 3.55. The molecule has 80 valence electrons. The summed E-state index contributed by atoms with van der Waals surface area (Å²) in [6.07, 6.45) is 0. The molecule has 4 nitrogen and oxygen atoms in total. The maximum Gasteiger partial charge on any atom is 0.120 e. The Bertz CT molecular complexity index is 502. The minimum atomic E-state index is 0.476. The SMILES string of the molecule is COc1cc(CN)c2nn(C)c(C)c2c1. The van der Waals surface area contributed by atoms with Gasteiger partial charge in [-0.1, -0.05) is 0 Å². The monoisotopic (exact) mass is 205 g/mol. The van der Waals surface area contributed by atoms with Gasteiger partial charge in [0.05, 0.1) is 12.6 Å². The highest BCUT2D eigenvalue weighted by Gasteiger charge is 2.10. The molecule has 1 aromatic heterocycles. The van der Waals surface area contributed by atoms with E-state index in [1.165, 1.54) is 0 Å². The summed E-state index contributed by atoms with van der Waals surface area (Å²) in [4.78, 5) is 0. The van der Waals surface area contributed by atoms with Gasteiger partial charge in [-0.05, 0) is 24.6 Å². The molecule has 0 aliphatic rings. The number of benzene rings is 1. The Labute approximate surface area is 88.6 Å². The number of fused-ring (bicyclic) bond motifs is 1. The maximum atomic E-state index is 5.69. The number of aryl methyl sites for hydroxylation is 2. The predicted molar refractivity (Wildman–Crippen MR) is 59.9 cm³/mol. The standard InChI is InChI=1S/C11H15N3O/c1-7-10-5-9(15-3)4-8(6-12)11(10)13-14(7)2/h4-5H,6,12H2,1-3H3. The van der Waals surface area contributed by atoms with Gasteiger partial charge in [-0.3, -0.25) is 4.68 Å². The Kier molecular flexibility index (Phi) is 2.36. The van der Waals surface area contributed by atoms with Gasteiger partial charge in [-0.15, -0.1) is 0 Å². The molecule has 0 aliphatic carbocycles. The molecule has 0 fully saturated rings. The highest BCUT2D eigenvalue weighted by molar-refractivity contribution is 5.86. The van der Waals surface area contributed by atoms with Crippen LogP contribution in [0.25, 0.3) is 10.9 Å². The van der Waals surface area contributed by atoms with Crippen molar-refractivity contribution in [3.8, 4) is 5.75 Å². The van der Waals surface area contributed by atoms with Crippen LogP contribution in [0.3, 0.4) is 0 Å². The molecular formula is C11H15N3O. The quantitative estimate of drug-likeness (QED) is 0.805. The number of hydrogen-bond acceptors (Lipinski definition) is 3. The summed E-state index contributed by atoms with van der Waals surface area (Å²) in [5.74, 6) is 0.832. The summed E-state index contributed by atoms with van der Waals surface area (Å²) in [6.45, 7) is 2.51. The van der Waals surface area contributed by atoms with E-state index in [1.54, 1.807) is 7.11 Å². The van der Waals surface area contributed by atoms with E-state index in [9.17, 15) is 0 Å². The highest BCUT2D eigenvalue weighted by atomic mass is 16.5. The van der Waals surface area contributed by atoms with Crippen LogP contribution in [0, 0.1) is 6.92 Å². The first kappa shape index (κ1) is 9.98. The lowest BCUT2D eigenvalue weighted by atomic mass is 10.1. The third kappa shape index (κ3) is 1.47. The van der Waals surface area contributed by atoms with Gasteiger partial charge >= 0.3 is 0 Å². The topological polar surface area (TPSA) is 53.1 Å². The zero-order valence-corrected chi connectivity index (χ0v) is 9.24. The molecule has 2 aromatic rings. The van der Waals surface area contributed by atoms with Crippen molar-refractivity contribution in [3.05, 3.63) is 23.4 Å². The fraction of sp³-hybridized carbons (Fsp3) is 0.364. The molecule has 2 rings (SSSR count).